The molecular formula is C12H9ClF3N5O2. The Morgan fingerprint density at radius 1 is 1.26 bits per heavy atom. The fraction of sp³-hybridized carbons (Fsp3) is 0.167. The molecule has 2 N–H and O–H groups in total. The summed E-state index contributed by atoms with van der Waals surface area (Å²) in [5.41, 5.74) is -1.62. The number of hydrogen-bond acceptors (Lipinski definition) is 6. The summed E-state index contributed by atoms with van der Waals surface area (Å²) in [7, 11) is 1.41. The van der Waals surface area contributed by atoms with Gasteiger partial charge in [-0.3, -0.25) is 10.1 Å². The average molecular weight is 348 g/mol. The Balaban J connectivity index is 2.50. The molecule has 1 aromatic heterocycles. The third-order valence-electron chi connectivity index (χ3n) is 2.79. The van der Waals surface area contributed by atoms with Gasteiger partial charge in [0.25, 0.3) is 0 Å². The van der Waals surface area contributed by atoms with Crippen molar-refractivity contribution in [2.24, 2.45) is 0 Å². The molecule has 0 radical (unpaired) electrons. The topological polar surface area (TPSA) is 93.0 Å². The van der Waals surface area contributed by atoms with Crippen LogP contribution in [0.3, 0.4) is 0 Å². The standard InChI is InChI=1S/C12H9ClF3N5O2/c1-17-10-9(21(22)23)11(19-5-18-10)20-8-4-6(12(14,15)16)2-3-7(8)13/h2-5H,1H3,(H2,17,18,19,20). The van der Waals surface area contributed by atoms with Crippen LogP contribution in [0.5, 0.6) is 0 Å². The van der Waals surface area contributed by atoms with Crippen LogP contribution in [0, 0.1) is 10.1 Å². The Kier molecular flexibility index (Phi) is 4.55. The molecule has 1 aromatic carbocycles. The van der Waals surface area contributed by atoms with E-state index in [1.54, 1.807) is 0 Å². The summed E-state index contributed by atoms with van der Waals surface area (Å²) in [4.78, 5) is 17.8. The number of nitrogens with zero attached hydrogens (tertiary/aromatic N) is 3. The van der Waals surface area contributed by atoms with E-state index in [0.29, 0.717) is 0 Å². The zero-order valence-corrected chi connectivity index (χ0v) is 12.2. The van der Waals surface area contributed by atoms with Crippen molar-refractivity contribution >= 4 is 34.6 Å². The molecule has 7 nitrogen and oxygen atoms in total. The minimum Gasteiger partial charge on any atom is -0.367 e. The molecule has 0 amide bonds. The maximum absolute atomic E-state index is 12.7. The lowest BCUT2D eigenvalue weighted by Crippen LogP contribution is -2.08. The first-order valence-corrected chi connectivity index (χ1v) is 6.42. The average Bonchev–Trinajstić information content (AvgIpc) is 2.47. The van der Waals surface area contributed by atoms with E-state index >= 15 is 0 Å². The van der Waals surface area contributed by atoms with E-state index in [1.807, 2.05) is 0 Å². The van der Waals surface area contributed by atoms with E-state index in [4.69, 9.17) is 11.6 Å². The zero-order valence-electron chi connectivity index (χ0n) is 11.5. The third-order valence-corrected chi connectivity index (χ3v) is 3.12. The first-order chi connectivity index (χ1) is 10.7. The number of aromatic nitrogens is 2. The van der Waals surface area contributed by atoms with Gasteiger partial charge in [0, 0.05) is 7.05 Å². The van der Waals surface area contributed by atoms with Crippen molar-refractivity contribution in [3.8, 4) is 0 Å². The number of anilines is 3. The molecule has 2 rings (SSSR count). The van der Waals surface area contributed by atoms with Crippen molar-refractivity contribution in [3.05, 3.63) is 45.2 Å². The highest BCUT2D eigenvalue weighted by molar-refractivity contribution is 6.33. The molecule has 0 saturated heterocycles. The van der Waals surface area contributed by atoms with Crippen LogP contribution in [-0.2, 0) is 6.18 Å². The Hall–Kier alpha value is -2.62. The minimum atomic E-state index is -4.57. The second-order valence-corrected chi connectivity index (χ2v) is 4.65. The van der Waals surface area contributed by atoms with Gasteiger partial charge >= 0.3 is 11.9 Å². The Bertz CT molecular complexity index is 754. The normalized spacial score (nSPS) is 11.2. The molecule has 23 heavy (non-hydrogen) atoms. The number of nitrogens with one attached hydrogen (secondary N) is 2. The van der Waals surface area contributed by atoms with Gasteiger partial charge in [0.2, 0.25) is 11.6 Å². The van der Waals surface area contributed by atoms with Crippen LogP contribution in [0.25, 0.3) is 0 Å². The monoisotopic (exact) mass is 347 g/mol. The highest BCUT2D eigenvalue weighted by atomic mass is 35.5. The van der Waals surface area contributed by atoms with E-state index in [0.717, 1.165) is 24.5 Å². The molecule has 11 heteroatoms. The molecule has 0 saturated carbocycles. The maximum Gasteiger partial charge on any atom is 0.416 e. The summed E-state index contributed by atoms with van der Waals surface area (Å²) in [6, 6.07) is 2.59. The highest BCUT2D eigenvalue weighted by Crippen LogP contribution is 2.37. The molecule has 0 aliphatic rings. The molecule has 122 valence electrons. The van der Waals surface area contributed by atoms with Crippen LogP contribution in [-0.4, -0.2) is 21.9 Å². The van der Waals surface area contributed by atoms with E-state index in [2.05, 4.69) is 20.6 Å². The Morgan fingerprint density at radius 3 is 2.48 bits per heavy atom. The number of hydrogen-bond donors (Lipinski definition) is 2. The van der Waals surface area contributed by atoms with Crippen molar-refractivity contribution in [2.45, 2.75) is 6.18 Å². The van der Waals surface area contributed by atoms with Gasteiger partial charge in [0.05, 0.1) is 21.2 Å². The summed E-state index contributed by atoms with van der Waals surface area (Å²) in [6.07, 6.45) is -3.54. The summed E-state index contributed by atoms with van der Waals surface area (Å²) >= 11 is 5.84. The fourth-order valence-corrected chi connectivity index (χ4v) is 1.92. The van der Waals surface area contributed by atoms with Gasteiger partial charge in [0.1, 0.15) is 6.33 Å². The Labute approximate surface area is 132 Å². The number of halogens is 4. The van der Waals surface area contributed by atoms with Crippen LogP contribution in [0.1, 0.15) is 5.56 Å². The molecular weight excluding hydrogens is 339 g/mol. The van der Waals surface area contributed by atoms with Gasteiger partial charge in [-0.05, 0) is 18.2 Å². The quantitative estimate of drug-likeness (QED) is 0.644. The van der Waals surface area contributed by atoms with Crippen molar-refractivity contribution in [3.63, 3.8) is 0 Å². The van der Waals surface area contributed by atoms with E-state index < -0.39 is 22.4 Å². The van der Waals surface area contributed by atoms with Gasteiger partial charge < -0.3 is 10.6 Å². The van der Waals surface area contributed by atoms with E-state index in [9.17, 15) is 23.3 Å². The van der Waals surface area contributed by atoms with Crippen LogP contribution in [0.15, 0.2) is 24.5 Å². The number of alkyl halides is 3. The van der Waals surface area contributed by atoms with Crippen LogP contribution in [0.2, 0.25) is 5.02 Å². The van der Waals surface area contributed by atoms with Gasteiger partial charge in [-0.25, -0.2) is 9.97 Å². The minimum absolute atomic E-state index is 0.0445. The van der Waals surface area contributed by atoms with Gasteiger partial charge in [-0.2, -0.15) is 13.2 Å². The molecule has 0 fully saturated rings. The van der Waals surface area contributed by atoms with Crippen molar-refractivity contribution in [2.75, 3.05) is 17.7 Å². The third kappa shape index (κ3) is 3.59. The number of rotatable bonds is 4. The predicted octanol–water partition coefficient (Wildman–Crippen LogP) is 3.84. The molecule has 0 bridgehead atoms. The second kappa shape index (κ2) is 6.24. The highest BCUT2D eigenvalue weighted by Gasteiger charge is 2.31. The molecule has 0 aliphatic heterocycles. The molecule has 0 spiro atoms. The van der Waals surface area contributed by atoms with E-state index in [-0.39, 0.29) is 22.3 Å². The summed E-state index contributed by atoms with van der Waals surface area (Å²) in [6.45, 7) is 0. The Morgan fingerprint density at radius 2 is 1.91 bits per heavy atom. The van der Waals surface area contributed by atoms with Crippen LogP contribution in [0.4, 0.5) is 36.2 Å². The van der Waals surface area contributed by atoms with Gasteiger partial charge in [-0.15, -0.1) is 0 Å². The van der Waals surface area contributed by atoms with Crippen molar-refractivity contribution in [1.29, 1.82) is 0 Å². The molecule has 0 atom stereocenters. The zero-order chi connectivity index (χ0) is 17.2. The summed E-state index contributed by atoms with van der Waals surface area (Å²) < 4.78 is 38.2. The molecule has 0 aliphatic carbocycles. The first kappa shape index (κ1) is 16.7. The smallest absolute Gasteiger partial charge is 0.367 e. The molecule has 0 unspecified atom stereocenters. The largest absolute Gasteiger partial charge is 0.416 e. The van der Waals surface area contributed by atoms with E-state index in [1.165, 1.54) is 7.05 Å². The molecule has 1 heterocycles. The first-order valence-electron chi connectivity index (χ1n) is 6.05. The summed E-state index contributed by atoms with van der Waals surface area (Å²) in [5.74, 6) is -0.369. The number of benzene rings is 1. The van der Waals surface area contributed by atoms with Gasteiger partial charge in [-0.1, -0.05) is 11.6 Å². The fourth-order valence-electron chi connectivity index (χ4n) is 1.75. The lowest BCUT2D eigenvalue weighted by atomic mass is 10.2. The van der Waals surface area contributed by atoms with Crippen molar-refractivity contribution < 1.29 is 18.1 Å². The summed E-state index contributed by atoms with van der Waals surface area (Å²) in [5, 5.41) is 16.0. The van der Waals surface area contributed by atoms with Crippen LogP contribution >= 0.6 is 11.6 Å². The predicted molar refractivity (Wildman–Crippen MR) is 78.0 cm³/mol. The lowest BCUT2D eigenvalue weighted by Gasteiger charge is -2.12. The lowest BCUT2D eigenvalue weighted by molar-refractivity contribution is -0.383. The van der Waals surface area contributed by atoms with Crippen LogP contribution < -0.4 is 10.6 Å². The SMILES string of the molecule is CNc1ncnc(Nc2cc(C(F)(F)F)ccc2Cl)c1[N+](=O)[O-]. The van der Waals surface area contributed by atoms with Gasteiger partial charge in [0.15, 0.2) is 0 Å². The molecule has 2 aromatic rings. The maximum atomic E-state index is 12.7. The second-order valence-electron chi connectivity index (χ2n) is 4.24. The number of nitro groups is 1. The van der Waals surface area contributed by atoms with Crippen molar-refractivity contribution in [1.82, 2.24) is 9.97 Å².